The minimum absolute atomic E-state index is 0.000506. The number of benzene rings is 2. The number of rotatable bonds is 2. The highest BCUT2D eigenvalue weighted by molar-refractivity contribution is 5.97. The van der Waals surface area contributed by atoms with Crippen LogP contribution in [0.5, 0.6) is 5.75 Å². The van der Waals surface area contributed by atoms with Gasteiger partial charge >= 0.3 is 0 Å². The topological polar surface area (TPSA) is 29.5 Å². The van der Waals surface area contributed by atoms with E-state index >= 15 is 0 Å². The van der Waals surface area contributed by atoms with Gasteiger partial charge in [0.1, 0.15) is 5.75 Å². The van der Waals surface area contributed by atoms with Crippen molar-refractivity contribution in [2.24, 2.45) is 0 Å². The van der Waals surface area contributed by atoms with Gasteiger partial charge in [-0.3, -0.25) is 4.79 Å². The predicted octanol–water partition coefficient (Wildman–Crippen LogP) is 3.56. The highest BCUT2D eigenvalue weighted by Gasteiger charge is 2.28. The molecule has 0 bridgehead atoms. The molecule has 0 saturated heterocycles. The molecule has 0 saturated carbocycles. The van der Waals surface area contributed by atoms with Crippen LogP contribution in [0.2, 0.25) is 0 Å². The fraction of sp³-hybridized carbons (Fsp3) is 0.278. The van der Waals surface area contributed by atoms with Gasteiger partial charge in [0.15, 0.2) is 6.10 Å². The molecule has 2 aromatic rings. The summed E-state index contributed by atoms with van der Waals surface area (Å²) in [6, 6.07) is 16.0. The number of aryl methyl sites for hydroxylation is 1. The van der Waals surface area contributed by atoms with Crippen LogP contribution in [-0.2, 0) is 17.8 Å². The summed E-state index contributed by atoms with van der Waals surface area (Å²) in [6.45, 7) is 4.47. The van der Waals surface area contributed by atoms with Crippen LogP contribution in [0.4, 0.5) is 5.69 Å². The lowest BCUT2D eigenvalue weighted by Crippen LogP contribution is -2.38. The van der Waals surface area contributed by atoms with Crippen molar-refractivity contribution >= 4 is 11.6 Å². The lowest BCUT2D eigenvalue weighted by atomic mass is 10.1. The van der Waals surface area contributed by atoms with Crippen LogP contribution in [0.1, 0.15) is 25.0 Å². The third-order valence-corrected chi connectivity index (χ3v) is 3.85. The summed E-state index contributed by atoms with van der Waals surface area (Å²) in [6.07, 6.45) is 0.484. The van der Waals surface area contributed by atoms with Gasteiger partial charge in [-0.25, -0.2) is 0 Å². The number of carbonyl (C=O) groups is 1. The van der Waals surface area contributed by atoms with Crippen molar-refractivity contribution in [3.8, 4) is 5.75 Å². The molecule has 0 aromatic heterocycles. The van der Waals surface area contributed by atoms with Crippen molar-refractivity contribution in [3.05, 3.63) is 59.7 Å². The van der Waals surface area contributed by atoms with E-state index in [1.807, 2.05) is 41.3 Å². The average Bonchev–Trinajstić information content (AvgIpc) is 2.65. The number of ether oxygens (including phenoxy) is 1. The van der Waals surface area contributed by atoms with Crippen molar-refractivity contribution in [3.63, 3.8) is 0 Å². The predicted molar refractivity (Wildman–Crippen MR) is 83.5 cm³/mol. The summed E-state index contributed by atoms with van der Waals surface area (Å²) in [5.41, 5.74) is 3.20. The normalized spacial score (nSPS) is 17.9. The van der Waals surface area contributed by atoms with Crippen LogP contribution in [0.3, 0.4) is 0 Å². The van der Waals surface area contributed by atoms with E-state index in [-0.39, 0.29) is 5.91 Å². The molecule has 1 amide bonds. The molecule has 0 radical (unpaired) electrons. The van der Waals surface area contributed by atoms with E-state index in [4.69, 9.17) is 4.74 Å². The first-order chi connectivity index (χ1) is 10.2. The fourth-order valence-corrected chi connectivity index (χ4v) is 2.62. The largest absolute Gasteiger partial charge is 0.481 e. The molecule has 108 valence electrons. The second-order valence-corrected chi connectivity index (χ2v) is 5.32. The van der Waals surface area contributed by atoms with Crippen molar-refractivity contribution < 1.29 is 9.53 Å². The molecule has 0 N–H and O–H groups in total. The van der Waals surface area contributed by atoms with Crippen LogP contribution in [0.15, 0.2) is 48.5 Å². The molecular weight excluding hydrogens is 262 g/mol. The maximum absolute atomic E-state index is 12.6. The molecule has 3 heteroatoms. The summed E-state index contributed by atoms with van der Waals surface area (Å²) in [7, 11) is 0. The Labute approximate surface area is 125 Å². The van der Waals surface area contributed by atoms with Gasteiger partial charge < -0.3 is 9.64 Å². The Balaban J connectivity index is 2.02. The molecule has 21 heavy (non-hydrogen) atoms. The van der Waals surface area contributed by atoms with Crippen LogP contribution < -0.4 is 9.64 Å². The maximum Gasteiger partial charge on any atom is 0.268 e. The number of hydrogen-bond donors (Lipinski definition) is 0. The second-order valence-electron chi connectivity index (χ2n) is 5.32. The summed E-state index contributed by atoms with van der Waals surface area (Å²) < 4.78 is 5.79. The Bertz CT molecular complexity index is 666. The molecule has 1 aliphatic heterocycles. The first-order valence-electron chi connectivity index (χ1n) is 7.34. The van der Waals surface area contributed by atoms with E-state index in [1.165, 1.54) is 5.56 Å². The van der Waals surface area contributed by atoms with E-state index in [9.17, 15) is 4.79 Å². The van der Waals surface area contributed by atoms with Gasteiger partial charge in [0.05, 0.1) is 6.54 Å². The SMILES string of the molecule is CCc1cccc(N2Cc3ccccc3O[C@H](C)C2=O)c1. The molecule has 1 aliphatic rings. The van der Waals surface area contributed by atoms with Crippen molar-refractivity contribution in [1.29, 1.82) is 0 Å². The lowest BCUT2D eigenvalue weighted by Gasteiger charge is -2.22. The van der Waals surface area contributed by atoms with Gasteiger partial charge in [0, 0.05) is 11.3 Å². The summed E-state index contributed by atoms with van der Waals surface area (Å²) >= 11 is 0. The average molecular weight is 281 g/mol. The molecule has 0 spiro atoms. The highest BCUT2D eigenvalue weighted by atomic mass is 16.5. The lowest BCUT2D eigenvalue weighted by molar-refractivity contribution is -0.124. The second kappa shape index (κ2) is 5.60. The Morgan fingerprint density at radius 1 is 1.19 bits per heavy atom. The minimum atomic E-state index is -0.473. The van der Waals surface area contributed by atoms with E-state index < -0.39 is 6.10 Å². The maximum atomic E-state index is 12.6. The number of anilines is 1. The van der Waals surface area contributed by atoms with Gasteiger partial charge in [-0.2, -0.15) is 0 Å². The minimum Gasteiger partial charge on any atom is -0.481 e. The van der Waals surface area contributed by atoms with E-state index in [0.29, 0.717) is 6.54 Å². The van der Waals surface area contributed by atoms with Gasteiger partial charge in [-0.1, -0.05) is 37.3 Å². The number of nitrogens with zero attached hydrogens (tertiary/aromatic N) is 1. The first-order valence-corrected chi connectivity index (χ1v) is 7.34. The third kappa shape index (κ3) is 2.64. The zero-order valence-corrected chi connectivity index (χ0v) is 12.4. The molecule has 0 aliphatic carbocycles. The van der Waals surface area contributed by atoms with E-state index in [0.717, 1.165) is 23.4 Å². The number of fused-ring (bicyclic) bond motifs is 1. The number of hydrogen-bond acceptors (Lipinski definition) is 2. The molecule has 0 unspecified atom stereocenters. The van der Waals surface area contributed by atoms with Crippen LogP contribution in [0, 0.1) is 0 Å². The van der Waals surface area contributed by atoms with E-state index in [2.05, 4.69) is 19.1 Å². The smallest absolute Gasteiger partial charge is 0.268 e. The molecule has 0 fully saturated rings. The zero-order valence-electron chi connectivity index (χ0n) is 12.4. The fourth-order valence-electron chi connectivity index (χ4n) is 2.62. The summed E-state index contributed by atoms with van der Waals surface area (Å²) in [5.74, 6) is 0.798. The third-order valence-electron chi connectivity index (χ3n) is 3.85. The standard InChI is InChI=1S/C18H19NO2/c1-3-14-7-6-9-16(11-14)19-12-15-8-4-5-10-17(15)21-13(2)18(19)20/h4-11,13H,3,12H2,1-2H3/t13-/m1/s1. The van der Waals surface area contributed by atoms with Crippen molar-refractivity contribution in [1.82, 2.24) is 0 Å². The van der Waals surface area contributed by atoms with Crippen molar-refractivity contribution in [2.75, 3.05) is 4.90 Å². The Hall–Kier alpha value is -2.29. The summed E-state index contributed by atoms with van der Waals surface area (Å²) in [4.78, 5) is 14.4. The van der Waals surface area contributed by atoms with Crippen LogP contribution in [-0.4, -0.2) is 12.0 Å². The molecular formula is C18H19NO2. The van der Waals surface area contributed by atoms with Gasteiger partial charge in [0.25, 0.3) is 5.91 Å². The van der Waals surface area contributed by atoms with Crippen LogP contribution in [0.25, 0.3) is 0 Å². The number of carbonyl (C=O) groups excluding carboxylic acids is 1. The molecule has 1 heterocycles. The van der Waals surface area contributed by atoms with E-state index in [1.54, 1.807) is 6.92 Å². The molecule has 1 atom stereocenters. The van der Waals surface area contributed by atoms with Gasteiger partial charge in [-0.15, -0.1) is 0 Å². The zero-order chi connectivity index (χ0) is 14.8. The Morgan fingerprint density at radius 3 is 2.81 bits per heavy atom. The Morgan fingerprint density at radius 2 is 2.00 bits per heavy atom. The number of amides is 1. The first kappa shape index (κ1) is 13.7. The van der Waals surface area contributed by atoms with Crippen molar-refractivity contribution in [2.45, 2.75) is 32.9 Å². The van der Waals surface area contributed by atoms with Crippen LogP contribution >= 0.6 is 0 Å². The van der Waals surface area contributed by atoms with Gasteiger partial charge in [0.2, 0.25) is 0 Å². The molecule has 2 aromatic carbocycles. The quantitative estimate of drug-likeness (QED) is 0.842. The number of para-hydroxylation sites is 1. The monoisotopic (exact) mass is 281 g/mol. The summed E-state index contributed by atoms with van der Waals surface area (Å²) in [5, 5.41) is 0. The Kier molecular flexibility index (Phi) is 3.65. The van der Waals surface area contributed by atoms with Gasteiger partial charge in [-0.05, 0) is 37.1 Å². The highest BCUT2D eigenvalue weighted by Crippen LogP contribution is 2.29. The molecule has 3 rings (SSSR count). The molecule has 3 nitrogen and oxygen atoms in total.